The normalized spacial score (nSPS) is 12.7. The van der Waals surface area contributed by atoms with Crippen LogP contribution in [-0.2, 0) is 6.54 Å². The van der Waals surface area contributed by atoms with Crippen molar-refractivity contribution in [1.29, 1.82) is 0 Å². The molecule has 1 atom stereocenters. The lowest BCUT2D eigenvalue weighted by Crippen LogP contribution is -2.14. The molecule has 1 aromatic carbocycles. The van der Waals surface area contributed by atoms with Crippen molar-refractivity contribution in [1.82, 2.24) is 9.55 Å². The molecule has 0 saturated heterocycles. The smallest absolute Gasteiger partial charge is 0.343 e. The van der Waals surface area contributed by atoms with Crippen LogP contribution in [0.4, 0.5) is 5.82 Å². The highest BCUT2D eigenvalue weighted by Crippen LogP contribution is 2.17. The summed E-state index contributed by atoms with van der Waals surface area (Å²) in [6, 6.07) is 7.90. The summed E-state index contributed by atoms with van der Waals surface area (Å²) in [5.41, 5.74) is 2.15. The predicted molar refractivity (Wildman–Crippen MR) is 80.7 cm³/mol. The van der Waals surface area contributed by atoms with Gasteiger partial charge in [0, 0.05) is 6.08 Å². The maximum absolute atomic E-state index is 11.0. The van der Waals surface area contributed by atoms with Crippen LogP contribution in [0.2, 0.25) is 0 Å². The van der Waals surface area contributed by atoms with E-state index in [1.54, 1.807) is 13.0 Å². The van der Waals surface area contributed by atoms with E-state index in [0.29, 0.717) is 5.82 Å². The number of aliphatic hydroxyl groups excluding tert-OH is 1. The summed E-state index contributed by atoms with van der Waals surface area (Å²) < 4.78 is 1.40. The summed E-state index contributed by atoms with van der Waals surface area (Å²) in [7, 11) is 0. The van der Waals surface area contributed by atoms with Gasteiger partial charge in [-0.2, -0.15) is 0 Å². The second-order valence-electron chi connectivity index (χ2n) is 4.94. The predicted octanol–water partition coefficient (Wildman–Crippen LogP) is 2.65. The van der Waals surface area contributed by atoms with E-state index in [1.165, 1.54) is 16.3 Å². The molecule has 1 aromatic heterocycles. The zero-order valence-corrected chi connectivity index (χ0v) is 11.9. The van der Waals surface area contributed by atoms with Gasteiger partial charge >= 0.3 is 5.82 Å². The van der Waals surface area contributed by atoms with Crippen LogP contribution in [-0.4, -0.2) is 25.7 Å². The molecule has 2 aromatic rings. The van der Waals surface area contributed by atoms with Gasteiger partial charge in [-0.1, -0.05) is 29.8 Å². The largest absolute Gasteiger partial charge is 0.389 e. The summed E-state index contributed by atoms with van der Waals surface area (Å²) in [4.78, 5) is 14.5. The van der Waals surface area contributed by atoms with Crippen LogP contribution in [0.3, 0.4) is 0 Å². The van der Waals surface area contributed by atoms with Gasteiger partial charge in [-0.3, -0.25) is 0 Å². The van der Waals surface area contributed by atoms with Gasteiger partial charge in [-0.05, 0) is 30.4 Å². The van der Waals surface area contributed by atoms with Crippen LogP contribution >= 0.6 is 0 Å². The number of hydrogen-bond donors (Lipinski definition) is 1. The number of benzene rings is 1. The number of aliphatic hydroxyl groups is 1. The van der Waals surface area contributed by atoms with Crippen molar-refractivity contribution < 1.29 is 10.0 Å². The zero-order valence-electron chi connectivity index (χ0n) is 11.9. The molecule has 0 fully saturated rings. The molecule has 6 nitrogen and oxygen atoms in total. The van der Waals surface area contributed by atoms with E-state index in [-0.39, 0.29) is 12.4 Å². The summed E-state index contributed by atoms with van der Waals surface area (Å²) in [5, 5.41) is 20.4. The standard InChI is InChI=1S/C15H17N3O3/c1-11-3-5-13(6-4-11)7-8-14-16-9-15(18(20)21)17(14)10-12(2)19/h3-9,12,19H,10H2,1-2H3/b8-7+. The van der Waals surface area contributed by atoms with E-state index >= 15 is 0 Å². The molecule has 0 aliphatic carbocycles. The molecule has 1 N–H and O–H groups in total. The van der Waals surface area contributed by atoms with E-state index in [9.17, 15) is 15.2 Å². The Balaban J connectivity index is 2.30. The van der Waals surface area contributed by atoms with E-state index in [0.717, 1.165) is 5.56 Å². The summed E-state index contributed by atoms with van der Waals surface area (Å²) in [5.74, 6) is 0.322. The van der Waals surface area contributed by atoms with Crippen LogP contribution in [0.25, 0.3) is 12.2 Å². The van der Waals surface area contributed by atoms with Crippen LogP contribution in [0, 0.1) is 17.0 Å². The van der Waals surface area contributed by atoms with Crippen molar-refractivity contribution in [2.45, 2.75) is 26.5 Å². The number of rotatable bonds is 5. The molecule has 0 bridgehead atoms. The Morgan fingerprint density at radius 3 is 2.62 bits per heavy atom. The number of nitrogens with zero attached hydrogens (tertiary/aromatic N) is 3. The summed E-state index contributed by atoms with van der Waals surface area (Å²) >= 11 is 0. The van der Waals surface area contributed by atoms with Crippen molar-refractivity contribution in [2.75, 3.05) is 0 Å². The third kappa shape index (κ3) is 3.76. The number of nitro groups is 1. The Bertz CT molecular complexity index is 657. The SMILES string of the molecule is Cc1ccc(/C=C/c2ncc([N+](=O)[O-])n2CC(C)O)cc1. The quantitative estimate of drug-likeness (QED) is 0.677. The minimum atomic E-state index is -0.690. The van der Waals surface area contributed by atoms with E-state index < -0.39 is 11.0 Å². The van der Waals surface area contributed by atoms with Crippen LogP contribution in [0.1, 0.15) is 23.9 Å². The number of aryl methyl sites for hydroxylation is 1. The monoisotopic (exact) mass is 287 g/mol. The molecule has 0 aliphatic heterocycles. The van der Waals surface area contributed by atoms with Crippen molar-refractivity contribution in [3.05, 3.63) is 57.5 Å². The molecular weight excluding hydrogens is 270 g/mol. The van der Waals surface area contributed by atoms with Gasteiger partial charge in [0.25, 0.3) is 0 Å². The van der Waals surface area contributed by atoms with Crippen molar-refractivity contribution in [3.63, 3.8) is 0 Å². The van der Waals surface area contributed by atoms with E-state index in [4.69, 9.17) is 0 Å². The summed E-state index contributed by atoms with van der Waals surface area (Å²) in [6.45, 7) is 3.72. The van der Waals surface area contributed by atoms with Crippen LogP contribution in [0.5, 0.6) is 0 Å². The molecule has 2 rings (SSSR count). The third-order valence-corrected chi connectivity index (χ3v) is 3.00. The lowest BCUT2D eigenvalue weighted by atomic mass is 10.1. The van der Waals surface area contributed by atoms with Gasteiger partial charge in [-0.15, -0.1) is 0 Å². The molecular formula is C15H17N3O3. The van der Waals surface area contributed by atoms with Gasteiger partial charge in [0.05, 0.1) is 6.10 Å². The van der Waals surface area contributed by atoms with Crippen molar-refractivity contribution >= 4 is 18.0 Å². The first-order chi connectivity index (χ1) is 9.97. The molecule has 6 heteroatoms. The fourth-order valence-electron chi connectivity index (χ4n) is 1.96. The van der Waals surface area contributed by atoms with Gasteiger partial charge in [0.1, 0.15) is 12.7 Å². The molecule has 0 aliphatic rings. The Hall–Kier alpha value is -2.47. The minimum Gasteiger partial charge on any atom is -0.389 e. The van der Waals surface area contributed by atoms with Crippen molar-refractivity contribution in [2.24, 2.45) is 0 Å². The first-order valence-electron chi connectivity index (χ1n) is 6.60. The maximum Gasteiger partial charge on any atom is 0.343 e. The second-order valence-corrected chi connectivity index (χ2v) is 4.94. The van der Waals surface area contributed by atoms with Crippen LogP contribution < -0.4 is 0 Å². The fraction of sp³-hybridized carbons (Fsp3) is 0.267. The lowest BCUT2D eigenvalue weighted by molar-refractivity contribution is -0.392. The maximum atomic E-state index is 11.0. The van der Waals surface area contributed by atoms with E-state index in [1.807, 2.05) is 37.3 Å². The fourth-order valence-corrected chi connectivity index (χ4v) is 1.96. The highest BCUT2D eigenvalue weighted by atomic mass is 16.6. The van der Waals surface area contributed by atoms with Crippen LogP contribution in [0.15, 0.2) is 30.5 Å². The Morgan fingerprint density at radius 1 is 1.38 bits per heavy atom. The Kier molecular flexibility index (Phi) is 4.49. The number of hydrogen-bond acceptors (Lipinski definition) is 4. The molecule has 0 radical (unpaired) electrons. The molecule has 1 unspecified atom stereocenters. The minimum absolute atomic E-state index is 0.126. The lowest BCUT2D eigenvalue weighted by Gasteiger charge is -2.04. The van der Waals surface area contributed by atoms with Gasteiger partial charge in [0.2, 0.25) is 5.82 Å². The van der Waals surface area contributed by atoms with Gasteiger partial charge in [-0.25, -0.2) is 9.55 Å². The average molecular weight is 287 g/mol. The van der Waals surface area contributed by atoms with E-state index in [2.05, 4.69) is 4.98 Å². The van der Waals surface area contributed by atoms with Gasteiger partial charge < -0.3 is 15.2 Å². The molecule has 1 heterocycles. The molecule has 110 valence electrons. The molecule has 0 saturated carbocycles. The third-order valence-electron chi connectivity index (χ3n) is 3.00. The molecule has 0 spiro atoms. The number of aromatic nitrogens is 2. The summed E-state index contributed by atoms with van der Waals surface area (Å²) in [6.07, 6.45) is 4.06. The molecule has 0 amide bonds. The van der Waals surface area contributed by atoms with Crippen molar-refractivity contribution in [3.8, 4) is 0 Å². The zero-order chi connectivity index (χ0) is 15.4. The number of imidazole rings is 1. The topological polar surface area (TPSA) is 81.2 Å². The Morgan fingerprint density at radius 2 is 2.05 bits per heavy atom. The second kappa shape index (κ2) is 6.32. The molecule has 21 heavy (non-hydrogen) atoms. The highest BCUT2D eigenvalue weighted by Gasteiger charge is 2.19. The highest BCUT2D eigenvalue weighted by molar-refractivity contribution is 5.67. The average Bonchev–Trinajstić information content (AvgIpc) is 2.80. The van der Waals surface area contributed by atoms with Gasteiger partial charge in [0.15, 0.2) is 0 Å². The Labute approximate surface area is 122 Å². The first kappa shape index (κ1) is 14.9. The first-order valence-corrected chi connectivity index (χ1v) is 6.60.